The van der Waals surface area contributed by atoms with Crippen molar-refractivity contribution in [2.45, 2.75) is 89.4 Å². The van der Waals surface area contributed by atoms with E-state index in [9.17, 15) is 0 Å². The maximum absolute atomic E-state index is 7.30. The minimum atomic E-state index is -0.373. The van der Waals surface area contributed by atoms with Gasteiger partial charge in [0.25, 0.3) is 0 Å². The van der Waals surface area contributed by atoms with Gasteiger partial charge in [-0.3, -0.25) is 0 Å². The molecular formula is C58H64O8. The van der Waals surface area contributed by atoms with Gasteiger partial charge in [0, 0.05) is 19.1 Å². The molecular weight excluding hydrogens is 825 g/mol. The molecule has 8 nitrogen and oxygen atoms in total. The Morgan fingerprint density at radius 2 is 0.773 bits per heavy atom. The Balaban J connectivity index is 1.08. The summed E-state index contributed by atoms with van der Waals surface area (Å²) in [6, 6.07) is 61.9. The Morgan fingerprint density at radius 1 is 0.394 bits per heavy atom. The van der Waals surface area contributed by atoms with E-state index in [4.69, 9.17) is 37.9 Å². The van der Waals surface area contributed by atoms with Crippen LogP contribution in [0.3, 0.4) is 0 Å². The van der Waals surface area contributed by atoms with Gasteiger partial charge in [0.05, 0.1) is 71.3 Å². The van der Waals surface area contributed by atoms with Crippen molar-refractivity contribution >= 4 is 0 Å². The van der Waals surface area contributed by atoms with Crippen LogP contribution < -0.4 is 0 Å². The molecule has 6 aromatic rings. The predicted molar refractivity (Wildman–Crippen MR) is 257 cm³/mol. The molecule has 0 aromatic heterocycles. The summed E-state index contributed by atoms with van der Waals surface area (Å²) in [7, 11) is 0. The van der Waals surface area contributed by atoms with Crippen LogP contribution in [-0.2, 0) is 77.5 Å². The fourth-order valence-corrected chi connectivity index (χ4v) is 8.95. The van der Waals surface area contributed by atoms with Gasteiger partial charge < -0.3 is 37.9 Å². The standard InChI is InChI=1S/C58H64O8/c1-7-19-45(20-8-1)36-59-33-31-51-35-54(66-56(44-62-39-48-25-13-4-14-26-48)57(51)64-40-49-27-15-5-16-28-49)53-42-63-55(43-61-38-47-23-11-3-12-24-47)58(65-41-50-29-17-6-18-30-50)52(53)32-34-60-37-46-21-9-2-10-22-46/h1-30,42,51-52,54-58H,31-41,43-44H2/t51-,52-,54+,55+,56+,57-,58-/m0/s1. The highest BCUT2D eigenvalue weighted by atomic mass is 16.6. The maximum atomic E-state index is 7.30. The SMILES string of the molecule is C1=C([C@H]2C[C@H](CCOCc3ccccc3)[C@H](OCc3ccccc3)[C@@H](COCc3ccccc3)O2)[C@H](CCOCc2ccccc2)[C@H](OCc2ccccc2)[C@@H](COCc2ccccc2)O1. The molecule has 0 radical (unpaired) electrons. The highest BCUT2D eigenvalue weighted by Gasteiger charge is 2.46. The molecule has 66 heavy (non-hydrogen) atoms. The molecule has 8 rings (SSSR count). The molecule has 0 bridgehead atoms. The molecule has 2 aliphatic heterocycles. The molecule has 1 fully saturated rings. The van der Waals surface area contributed by atoms with Crippen molar-refractivity contribution in [2.24, 2.45) is 11.8 Å². The molecule has 0 N–H and O–H groups in total. The molecule has 2 aliphatic rings. The number of ether oxygens (including phenoxy) is 8. The summed E-state index contributed by atoms with van der Waals surface area (Å²) < 4.78 is 53.7. The van der Waals surface area contributed by atoms with Gasteiger partial charge in [0.1, 0.15) is 18.3 Å². The second kappa shape index (κ2) is 26.1. The van der Waals surface area contributed by atoms with Crippen molar-refractivity contribution in [3.05, 3.63) is 227 Å². The molecule has 6 aromatic carbocycles. The fourth-order valence-electron chi connectivity index (χ4n) is 8.95. The van der Waals surface area contributed by atoms with E-state index in [1.165, 1.54) is 0 Å². The van der Waals surface area contributed by atoms with Gasteiger partial charge in [-0.25, -0.2) is 0 Å². The second-order valence-corrected chi connectivity index (χ2v) is 17.2. The largest absolute Gasteiger partial charge is 0.493 e. The maximum Gasteiger partial charge on any atom is 0.148 e. The summed E-state index contributed by atoms with van der Waals surface area (Å²) in [5.41, 5.74) is 7.76. The van der Waals surface area contributed by atoms with Crippen LogP contribution in [0.25, 0.3) is 0 Å². The molecule has 0 saturated carbocycles. The summed E-state index contributed by atoms with van der Waals surface area (Å²) in [6.45, 7) is 4.71. The highest BCUT2D eigenvalue weighted by Crippen LogP contribution is 2.41. The fraction of sp³-hybridized carbons (Fsp3) is 0.345. The predicted octanol–water partition coefficient (Wildman–Crippen LogP) is 11.5. The van der Waals surface area contributed by atoms with Crippen molar-refractivity contribution in [3.63, 3.8) is 0 Å². The van der Waals surface area contributed by atoms with Crippen molar-refractivity contribution in [2.75, 3.05) is 26.4 Å². The first-order valence-electron chi connectivity index (χ1n) is 23.5. The average molecular weight is 889 g/mol. The van der Waals surface area contributed by atoms with Crippen molar-refractivity contribution in [1.82, 2.24) is 0 Å². The van der Waals surface area contributed by atoms with Crippen LogP contribution in [0.15, 0.2) is 194 Å². The lowest BCUT2D eigenvalue weighted by atomic mass is 9.77. The first kappa shape index (κ1) is 47.1. The van der Waals surface area contributed by atoms with Gasteiger partial charge in [-0.05, 0) is 64.1 Å². The molecule has 7 atom stereocenters. The van der Waals surface area contributed by atoms with Crippen LogP contribution in [0.5, 0.6) is 0 Å². The third-order valence-corrected chi connectivity index (χ3v) is 12.4. The minimum absolute atomic E-state index is 0.0834. The lowest BCUT2D eigenvalue weighted by Gasteiger charge is -2.46. The van der Waals surface area contributed by atoms with Crippen LogP contribution in [0, 0.1) is 11.8 Å². The Kier molecular flexibility index (Phi) is 18.6. The first-order chi connectivity index (χ1) is 32.7. The molecule has 1 saturated heterocycles. The average Bonchev–Trinajstić information content (AvgIpc) is 3.37. The van der Waals surface area contributed by atoms with Gasteiger partial charge in [-0.2, -0.15) is 0 Å². The third-order valence-electron chi connectivity index (χ3n) is 12.4. The van der Waals surface area contributed by atoms with Gasteiger partial charge in [0.2, 0.25) is 0 Å². The van der Waals surface area contributed by atoms with E-state index in [1.54, 1.807) is 0 Å². The Bertz CT molecular complexity index is 2240. The van der Waals surface area contributed by atoms with Crippen LogP contribution >= 0.6 is 0 Å². The molecule has 0 amide bonds. The molecule has 0 aliphatic carbocycles. The van der Waals surface area contributed by atoms with Crippen LogP contribution in [-0.4, -0.2) is 56.9 Å². The van der Waals surface area contributed by atoms with E-state index in [1.807, 2.05) is 91.2 Å². The quantitative estimate of drug-likeness (QED) is 0.0526. The van der Waals surface area contributed by atoms with E-state index < -0.39 is 0 Å². The molecule has 0 spiro atoms. The zero-order valence-corrected chi connectivity index (χ0v) is 37.9. The van der Waals surface area contributed by atoms with Crippen LogP contribution in [0.2, 0.25) is 0 Å². The molecule has 8 heteroatoms. The van der Waals surface area contributed by atoms with E-state index in [2.05, 4.69) is 97.1 Å². The van der Waals surface area contributed by atoms with Crippen molar-refractivity contribution in [3.8, 4) is 0 Å². The van der Waals surface area contributed by atoms with E-state index in [-0.39, 0.29) is 42.4 Å². The Labute approximate surface area is 391 Å². The molecule has 0 unspecified atom stereocenters. The Morgan fingerprint density at radius 3 is 1.23 bits per heavy atom. The first-order valence-corrected chi connectivity index (χ1v) is 23.5. The normalized spacial score (nSPS) is 21.8. The van der Waals surface area contributed by atoms with Crippen LogP contribution in [0.4, 0.5) is 0 Å². The Hall–Kier alpha value is -5.42. The summed E-state index contributed by atoms with van der Waals surface area (Å²) in [5, 5.41) is 0. The molecule has 2 heterocycles. The minimum Gasteiger partial charge on any atom is -0.493 e. The van der Waals surface area contributed by atoms with Gasteiger partial charge in [-0.15, -0.1) is 0 Å². The number of hydrogen-bond acceptors (Lipinski definition) is 8. The summed E-state index contributed by atoms with van der Waals surface area (Å²) in [5.74, 6) is -0.0173. The monoisotopic (exact) mass is 888 g/mol. The zero-order valence-electron chi connectivity index (χ0n) is 37.9. The summed E-state index contributed by atoms with van der Waals surface area (Å²) >= 11 is 0. The van der Waals surface area contributed by atoms with Gasteiger partial charge in [0.15, 0.2) is 0 Å². The van der Waals surface area contributed by atoms with Gasteiger partial charge in [-0.1, -0.05) is 182 Å². The lowest BCUT2D eigenvalue weighted by Crippen LogP contribution is -2.52. The summed E-state index contributed by atoms with van der Waals surface area (Å²) in [6.07, 6.45) is 2.49. The number of rotatable bonds is 25. The van der Waals surface area contributed by atoms with E-state index in [0.717, 1.165) is 45.4 Å². The molecule has 344 valence electrons. The summed E-state index contributed by atoms with van der Waals surface area (Å²) in [4.78, 5) is 0. The number of hydrogen-bond donors (Lipinski definition) is 0. The van der Waals surface area contributed by atoms with Gasteiger partial charge >= 0.3 is 0 Å². The topological polar surface area (TPSA) is 73.8 Å². The third kappa shape index (κ3) is 14.5. The smallest absolute Gasteiger partial charge is 0.148 e. The van der Waals surface area contributed by atoms with Crippen molar-refractivity contribution < 1.29 is 37.9 Å². The lowest BCUT2D eigenvalue weighted by molar-refractivity contribution is -0.191. The highest BCUT2D eigenvalue weighted by molar-refractivity contribution is 5.21. The van der Waals surface area contributed by atoms with E-state index in [0.29, 0.717) is 78.9 Å². The van der Waals surface area contributed by atoms with E-state index >= 15 is 0 Å². The van der Waals surface area contributed by atoms with Crippen molar-refractivity contribution in [1.29, 1.82) is 0 Å². The number of benzene rings is 6. The van der Waals surface area contributed by atoms with Crippen LogP contribution in [0.1, 0.15) is 52.6 Å². The zero-order chi connectivity index (χ0) is 44.9. The second-order valence-electron chi connectivity index (χ2n) is 17.2.